The molecule has 0 aromatic heterocycles. The fraction of sp³-hybridized carbons (Fsp3) is 0.455. The third-order valence-corrected chi connectivity index (χ3v) is 2.49. The second-order valence-electron chi connectivity index (χ2n) is 3.95. The van der Waals surface area contributed by atoms with Crippen LogP contribution in [-0.4, -0.2) is 25.8 Å². The van der Waals surface area contributed by atoms with Crippen molar-refractivity contribution in [1.29, 1.82) is 0 Å². The number of ether oxygens (including phenoxy) is 2. The van der Waals surface area contributed by atoms with Crippen LogP contribution >= 0.6 is 0 Å². The largest absolute Gasteiger partial charge is 0.497 e. The van der Waals surface area contributed by atoms with E-state index in [9.17, 15) is 4.39 Å². The van der Waals surface area contributed by atoms with Crippen molar-refractivity contribution in [2.75, 3.05) is 20.2 Å². The van der Waals surface area contributed by atoms with Gasteiger partial charge in [-0.1, -0.05) is 0 Å². The van der Waals surface area contributed by atoms with Crippen LogP contribution in [0, 0.1) is 5.82 Å². The summed E-state index contributed by atoms with van der Waals surface area (Å²) in [5.74, 6) is 0.388. The van der Waals surface area contributed by atoms with Gasteiger partial charge in [-0.2, -0.15) is 0 Å². The summed E-state index contributed by atoms with van der Waals surface area (Å²) < 4.78 is 24.0. The van der Waals surface area contributed by atoms with Crippen LogP contribution in [-0.2, 0) is 0 Å². The monoisotopic (exact) mass is 211 g/mol. The molecular formula is C11H14FNO2. The number of halogens is 1. The second-order valence-corrected chi connectivity index (χ2v) is 3.95. The molecular weight excluding hydrogens is 197 g/mol. The van der Waals surface area contributed by atoms with Gasteiger partial charge in [0.05, 0.1) is 7.11 Å². The normalized spacial score (nSPS) is 18.1. The van der Waals surface area contributed by atoms with Crippen LogP contribution in [0.2, 0.25) is 0 Å². The molecule has 0 amide bonds. The number of methoxy groups -OCH3 is 1. The Balaban J connectivity index is 2.14. The maximum absolute atomic E-state index is 13.5. The SMILES string of the molecule is COc1ccc(OC2(C)CNC2)c(F)c1. The summed E-state index contributed by atoms with van der Waals surface area (Å²) in [6, 6.07) is 4.61. The smallest absolute Gasteiger partial charge is 0.168 e. The lowest BCUT2D eigenvalue weighted by Gasteiger charge is -2.39. The molecule has 0 bridgehead atoms. The highest BCUT2D eigenvalue weighted by molar-refractivity contribution is 5.33. The number of rotatable bonds is 3. The van der Waals surface area contributed by atoms with Crippen LogP contribution in [0.3, 0.4) is 0 Å². The van der Waals surface area contributed by atoms with E-state index in [1.54, 1.807) is 12.1 Å². The quantitative estimate of drug-likeness (QED) is 0.823. The first kappa shape index (κ1) is 10.2. The zero-order valence-corrected chi connectivity index (χ0v) is 8.84. The van der Waals surface area contributed by atoms with Crippen molar-refractivity contribution in [3.8, 4) is 11.5 Å². The van der Waals surface area contributed by atoms with Gasteiger partial charge in [0.2, 0.25) is 0 Å². The van der Waals surface area contributed by atoms with Gasteiger partial charge >= 0.3 is 0 Å². The standard InChI is InChI=1S/C11H14FNO2/c1-11(6-13-7-11)15-10-4-3-8(14-2)5-9(10)12/h3-5,13H,6-7H2,1-2H3. The Hall–Kier alpha value is -1.29. The maximum atomic E-state index is 13.5. The van der Waals surface area contributed by atoms with Crippen molar-refractivity contribution in [3.63, 3.8) is 0 Å². The first-order valence-corrected chi connectivity index (χ1v) is 4.86. The summed E-state index contributed by atoms with van der Waals surface area (Å²) in [6.07, 6.45) is 0. The first-order chi connectivity index (χ1) is 7.13. The molecule has 3 nitrogen and oxygen atoms in total. The Morgan fingerprint density at radius 3 is 2.60 bits per heavy atom. The highest BCUT2D eigenvalue weighted by atomic mass is 19.1. The molecule has 0 saturated carbocycles. The minimum atomic E-state index is -0.387. The van der Waals surface area contributed by atoms with Gasteiger partial charge in [-0.05, 0) is 19.1 Å². The average molecular weight is 211 g/mol. The van der Waals surface area contributed by atoms with Crippen molar-refractivity contribution < 1.29 is 13.9 Å². The highest BCUT2D eigenvalue weighted by Gasteiger charge is 2.34. The van der Waals surface area contributed by atoms with E-state index in [0.29, 0.717) is 5.75 Å². The Kier molecular flexibility index (Phi) is 2.52. The topological polar surface area (TPSA) is 30.5 Å². The Morgan fingerprint density at radius 2 is 2.13 bits per heavy atom. The number of hydrogen-bond donors (Lipinski definition) is 1. The van der Waals surface area contributed by atoms with E-state index in [-0.39, 0.29) is 17.2 Å². The predicted octanol–water partition coefficient (Wildman–Crippen LogP) is 1.57. The number of hydrogen-bond acceptors (Lipinski definition) is 3. The van der Waals surface area contributed by atoms with Gasteiger partial charge in [0.25, 0.3) is 0 Å². The molecule has 0 radical (unpaired) electrons. The highest BCUT2D eigenvalue weighted by Crippen LogP contribution is 2.27. The molecule has 1 saturated heterocycles. The lowest BCUT2D eigenvalue weighted by molar-refractivity contribution is 0.0311. The lowest BCUT2D eigenvalue weighted by atomic mass is 10.00. The van der Waals surface area contributed by atoms with E-state index < -0.39 is 0 Å². The first-order valence-electron chi connectivity index (χ1n) is 4.86. The van der Waals surface area contributed by atoms with Gasteiger partial charge in [0.15, 0.2) is 11.6 Å². The number of benzene rings is 1. The van der Waals surface area contributed by atoms with Crippen molar-refractivity contribution in [2.24, 2.45) is 0 Å². The van der Waals surface area contributed by atoms with Crippen molar-refractivity contribution in [1.82, 2.24) is 5.32 Å². The van der Waals surface area contributed by atoms with Gasteiger partial charge < -0.3 is 14.8 Å². The Labute approximate surface area is 88.2 Å². The minimum Gasteiger partial charge on any atom is -0.497 e. The van der Waals surface area contributed by atoms with Gasteiger partial charge in [0.1, 0.15) is 11.4 Å². The molecule has 1 aliphatic heterocycles. The molecule has 1 aliphatic rings. The molecule has 0 atom stereocenters. The minimum absolute atomic E-state index is 0.278. The summed E-state index contributed by atoms with van der Waals surface area (Å²) in [5, 5.41) is 3.09. The summed E-state index contributed by atoms with van der Waals surface area (Å²) >= 11 is 0. The zero-order chi connectivity index (χ0) is 10.9. The van der Waals surface area contributed by atoms with Crippen molar-refractivity contribution in [2.45, 2.75) is 12.5 Å². The van der Waals surface area contributed by atoms with Gasteiger partial charge in [0, 0.05) is 19.2 Å². The molecule has 2 rings (SSSR count). The third kappa shape index (κ3) is 2.04. The van der Waals surface area contributed by atoms with E-state index in [0.717, 1.165) is 13.1 Å². The van der Waals surface area contributed by atoms with Gasteiger partial charge in [-0.25, -0.2) is 4.39 Å². The fourth-order valence-electron chi connectivity index (χ4n) is 1.51. The van der Waals surface area contributed by atoms with E-state index >= 15 is 0 Å². The summed E-state index contributed by atoms with van der Waals surface area (Å²) in [6.45, 7) is 3.45. The third-order valence-electron chi connectivity index (χ3n) is 2.49. The second kappa shape index (κ2) is 3.70. The van der Waals surface area contributed by atoms with Gasteiger partial charge in [-0.3, -0.25) is 0 Å². The fourth-order valence-corrected chi connectivity index (χ4v) is 1.51. The molecule has 4 heteroatoms. The van der Waals surface area contributed by atoms with Crippen LogP contribution in [0.4, 0.5) is 4.39 Å². The molecule has 1 N–H and O–H groups in total. The zero-order valence-electron chi connectivity index (χ0n) is 8.84. The average Bonchev–Trinajstić information content (AvgIpc) is 2.18. The van der Waals surface area contributed by atoms with Crippen LogP contribution in [0.1, 0.15) is 6.92 Å². The van der Waals surface area contributed by atoms with E-state index in [1.807, 2.05) is 6.92 Å². The molecule has 1 aromatic carbocycles. The molecule has 82 valence electrons. The maximum Gasteiger partial charge on any atom is 0.168 e. The Bertz CT molecular complexity index is 364. The summed E-state index contributed by atoms with van der Waals surface area (Å²) in [5.41, 5.74) is -0.282. The van der Waals surface area contributed by atoms with Crippen molar-refractivity contribution in [3.05, 3.63) is 24.0 Å². The summed E-state index contributed by atoms with van der Waals surface area (Å²) in [7, 11) is 1.51. The number of nitrogens with one attached hydrogen (secondary N) is 1. The predicted molar refractivity (Wildman–Crippen MR) is 54.9 cm³/mol. The van der Waals surface area contributed by atoms with E-state index in [4.69, 9.17) is 9.47 Å². The lowest BCUT2D eigenvalue weighted by Crippen LogP contribution is -2.61. The molecule has 1 heterocycles. The molecule has 1 aromatic rings. The van der Waals surface area contributed by atoms with Crippen LogP contribution in [0.5, 0.6) is 11.5 Å². The molecule has 0 unspecified atom stereocenters. The summed E-state index contributed by atoms with van der Waals surface area (Å²) in [4.78, 5) is 0. The van der Waals surface area contributed by atoms with Crippen LogP contribution in [0.25, 0.3) is 0 Å². The van der Waals surface area contributed by atoms with Crippen LogP contribution in [0.15, 0.2) is 18.2 Å². The Morgan fingerprint density at radius 1 is 1.40 bits per heavy atom. The molecule has 0 aliphatic carbocycles. The molecule has 0 spiro atoms. The van der Waals surface area contributed by atoms with E-state index in [2.05, 4.69) is 5.32 Å². The van der Waals surface area contributed by atoms with Gasteiger partial charge in [-0.15, -0.1) is 0 Å². The van der Waals surface area contributed by atoms with E-state index in [1.165, 1.54) is 13.2 Å². The molecule has 1 fully saturated rings. The van der Waals surface area contributed by atoms with Crippen molar-refractivity contribution >= 4 is 0 Å². The molecule has 15 heavy (non-hydrogen) atoms. The van der Waals surface area contributed by atoms with Crippen LogP contribution < -0.4 is 14.8 Å².